The summed E-state index contributed by atoms with van der Waals surface area (Å²) in [5, 5.41) is 0.0319. The van der Waals surface area contributed by atoms with E-state index in [9.17, 15) is 21.6 Å². The Morgan fingerprint density at radius 3 is 2.33 bits per heavy atom. The Morgan fingerprint density at radius 1 is 1.19 bits per heavy atom. The van der Waals surface area contributed by atoms with Crippen LogP contribution in [0.15, 0.2) is 17.0 Å². The van der Waals surface area contributed by atoms with E-state index < -0.39 is 22.6 Å². The first-order valence-electron chi connectivity index (χ1n) is 5.84. The van der Waals surface area contributed by atoms with E-state index in [1.807, 2.05) is 0 Å². The number of anilines is 1. The molecule has 3 N–H and O–H groups in total. The van der Waals surface area contributed by atoms with Crippen molar-refractivity contribution in [1.29, 1.82) is 0 Å². The summed E-state index contributed by atoms with van der Waals surface area (Å²) in [4.78, 5) is -0.329. The highest BCUT2D eigenvalue weighted by Gasteiger charge is 2.26. The summed E-state index contributed by atoms with van der Waals surface area (Å²) in [6.45, 7) is -0.142. The van der Waals surface area contributed by atoms with Gasteiger partial charge in [-0.15, -0.1) is 0 Å². The molecule has 0 fully saturated rings. The third kappa shape index (κ3) is 5.90. The fourth-order valence-corrected chi connectivity index (χ4v) is 3.65. The molecule has 0 saturated carbocycles. The van der Waals surface area contributed by atoms with Crippen LogP contribution in [0.4, 0.5) is 18.9 Å². The first kappa shape index (κ1) is 18.3. The van der Waals surface area contributed by atoms with Crippen molar-refractivity contribution in [1.82, 2.24) is 4.72 Å². The Kier molecular flexibility index (Phi) is 6.15. The van der Waals surface area contributed by atoms with Crippen LogP contribution in [0.1, 0.15) is 19.3 Å². The van der Waals surface area contributed by atoms with Gasteiger partial charge in [0.2, 0.25) is 10.0 Å². The topological polar surface area (TPSA) is 72.2 Å². The van der Waals surface area contributed by atoms with Crippen molar-refractivity contribution in [2.75, 3.05) is 12.3 Å². The molecule has 0 aromatic heterocycles. The molecule has 0 atom stereocenters. The van der Waals surface area contributed by atoms with Crippen molar-refractivity contribution in [2.45, 2.75) is 30.3 Å². The van der Waals surface area contributed by atoms with Crippen LogP contribution >= 0.6 is 23.2 Å². The number of alkyl halides is 3. The first-order chi connectivity index (χ1) is 9.53. The number of unbranched alkanes of at least 4 members (excludes halogenated alkanes) is 1. The zero-order valence-electron chi connectivity index (χ0n) is 10.7. The molecule has 21 heavy (non-hydrogen) atoms. The smallest absolute Gasteiger partial charge is 0.389 e. The third-order valence-electron chi connectivity index (χ3n) is 2.48. The normalized spacial score (nSPS) is 12.6. The minimum atomic E-state index is -4.25. The van der Waals surface area contributed by atoms with Crippen LogP contribution in [0.3, 0.4) is 0 Å². The maximum absolute atomic E-state index is 12.0. The van der Waals surface area contributed by atoms with Crippen LogP contribution in [-0.2, 0) is 10.0 Å². The van der Waals surface area contributed by atoms with Crippen molar-refractivity contribution in [3.8, 4) is 0 Å². The maximum atomic E-state index is 12.0. The van der Waals surface area contributed by atoms with Gasteiger partial charge in [-0.25, -0.2) is 13.1 Å². The van der Waals surface area contributed by atoms with Gasteiger partial charge in [0.15, 0.2) is 0 Å². The molecule has 0 unspecified atom stereocenters. The number of halogens is 5. The van der Waals surface area contributed by atoms with Crippen LogP contribution in [-0.4, -0.2) is 21.1 Å². The second-order valence-electron chi connectivity index (χ2n) is 4.28. The molecule has 120 valence electrons. The van der Waals surface area contributed by atoms with E-state index in [1.54, 1.807) is 0 Å². The number of hydrogen-bond acceptors (Lipinski definition) is 3. The molecule has 0 aliphatic heterocycles. The highest BCUT2D eigenvalue weighted by atomic mass is 35.5. The summed E-state index contributed by atoms with van der Waals surface area (Å²) in [5.74, 6) is 0. The molecule has 1 rings (SSSR count). The Labute approximate surface area is 130 Å². The molecule has 0 heterocycles. The summed E-state index contributed by atoms with van der Waals surface area (Å²) in [6.07, 6.45) is -5.33. The van der Waals surface area contributed by atoms with Crippen molar-refractivity contribution < 1.29 is 21.6 Å². The molecule has 0 saturated heterocycles. The summed E-state index contributed by atoms with van der Waals surface area (Å²) in [7, 11) is -4.00. The highest BCUT2D eigenvalue weighted by molar-refractivity contribution is 7.89. The molecular weight excluding hydrogens is 352 g/mol. The number of benzene rings is 1. The van der Waals surface area contributed by atoms with Crippen LogP contribution in [0.5, 0.6) is 0 Å². The minimum Gasteiger partial charge on any atom is -0.398 e. The Balaban J connectivity index is 2.67. The van der Waals surface area contributed by atoms with E-state index in [1.165, 1.54) is 12.1 Å². The van der Waals surface area contributed by atoms with Gasteiger partial charge in [0, 0.05) is 18.0 Å². The lowest BCUT2D eigenvalue weighted by atomic mass is 10.2. The van der Waals surface area contributed by atoms with E-state index >= 15 is 0 Å². The van der Waals surface area contributed by atoms with Gasteiger partial charge in [-0.1, -0.05) is 23.2 Å². The fourth-order valence-electron chi connectivity index (χ4n) is 1.59. The second-order valence-corrected chi connectivity index (χ2v) is 6.82. The molecule has 0 aliphatic rings. The van der Waals surface area contributed by atoms with Crippen LogP contribution in [0.2, 0.25) is 10.0 Å². The molecule has 4 nitrogen and oxygen atoms in total. The Hall–Kier alpha value is -0.700. The summed E-state index contributed by atoms with van der Waals surface area (Å²) >= 11 is 11.5. The lowest BCUT2D eigenvalue weighted by Crippen LogP contribution is -2.26. The standard InChI is InChI=1S/C11H13Cl2F3N2O2S/c12-7-5-8(13)10(9(17)6-7)21(19,20)18-4-2-1-3-11(14,15)16/h5-6,18H,1-4,17H2. The van der Waals surface area contributed by atoms with Crippen molar-refractivity contribution in [2.24, 2.45) is 0 Å². The molecule has 1 aromatic carbocycles. The van der Waals surface area contributed by atoms with Gasteiger partial charge in [0.05, 0.1) is 10.7 Å². The molecule has 0 bridgehead atoms. The van der Waals surface area contributed by atoms with E-state index in [-0.39, 0.29) is 40.0 Å². The predicted molar refractivity (Wildman–Crippen MR) is 76.0 cm³/mol. The fraction of sp³-hybridized carbons (Fsp3) is 0.455. The lowest BCUT2D eigenvalue weighted by Gasteiger charge is -2.11. The Bertz CT molecular complexity index is 583. The van der Waals surface area contributed by atoms with Gasteiger partial charge in [-0.2, -0.15) is 13.2 Å². The minimum absolute atomic E-state index is 0.0455. The first-order valence-corrected chi connectivity index (χ1v) is 8.08. The third-order valence-corrected chi connectivity index (χ3v) is 4.69. The largest absolute Gasteiger partial charge is 0.398 e. The van der Waals surface area contributed by atoms with Gasteiger partial charge < -0.3 is 5.73 Å². The number of nitrogens with one attached hydrogen (secondary N) is 1. The SMILES string of the molecule is Nc1cc(Cl)cc(Cl)c1S(=O)(=O)NCCCCC(F)(F)F. The van der Waals surface area contributed by atoms with E-state index in [2.05, 4.69) is 4.72 Å². The van der Waals surface area contributed by atoms with E-state index in [0.29, 0.717) is 0 Å². The summed E-state index contributed by atoms with van der Waals surface area (Å²) in [6, 6.07) is 2.45. The van der Waals surface area contributed by atoms with Crippen molar-refractivity contribution in [3.05, 3.63) is 22.2 Å². The molecule has 0 spiro atoms. The average molecular weight is 365 g/mol. The summed E-state index contributed by atoms with van der Waals surface area (Å²) < 4.78 is 62.0. The number of sulfonamides is 1. The predicted octanol–water partition coefficient (Wildman–Crippen LogP) is 3.59. The molecule has 1 aromatic rings. The Morgan fingerprint density at radius 2 is 1.81 bits per heavy atom. The number of nitrogens with two attached hydrogens (primary N) is 1. The van der Waals surface area contributed by atoms with Gasteiger partial charge in [-0.3, -0.25) is 0 Å². The quantitative estimate of drug-likeness (QED) is 0.598. The van der Waals surface area contributed by atoms with Crippen LogP contribution in [0, 0.1) is 0 Å². The molecular formula is C11H13Cl2F3N2O2S. The van der Waals surface area contributed by atoms with Gasteiger partial charge in [-0.05, 0) is 25.0 Å². The van der Waals surface area contributed by atoms with Gasteiger partial charge in [0.1, 0.15) is 4.90 Å². The zero-order valence-corrected chi connectivity index (χ0v) is 13.0. The van der Waals surface area contributed by atoms with Crippen molar-refractivity contribution in [3.63, 3.8) is 0 Å². The van der Waals surface area contributed by atoms with Gasteiger partial charge in [0.25, 0.3) is 0 Å². The van der Waals surface area contributed by atoms with Crippen LogP contribution < -0.4 is 10.5 Å². The molecule has 0 radical (unpaired) electrons. The van der Waals surface area contributed by atoms with Crippen LogP contribution in [0.25, 0.3) is 0 Å². The van der Waals surface area contributed by atoms with Crippen molar-refractivity contribution >= 4 is 38.9 Å². The van der Waals surface area contributed by atoms with Gasteiger partial charge >= 0.3 is 6.18 Å². The maximum Gasteiger partial charge on any atom is 0.389 e. The summed E-state index contributed by atoms with van der Waals surface area (Å²) in [5.41, 5.74) is 5.43. The van der Waals surface area contributed by atoms with E-state index in [4.69, 9.17) is 28.9 Å². The monoisotopic (exact) mass is 364 g/mol. The number of rotatable bonds is 6. The number of nitrogen functional groups attached to an aromatic ring is 1. The second kappa shape index (κ2) is 7.04. The number of hydrogen-bond donors (Lipinski definition) is 2. The molecule has 0 amide bonds. The average Bonchev–Trinajstić information content (AvgIpc) is 2.24. The van der Waals surface area contributed by atoms with E-state index in [0.717, 1.165) is 0 Å². The lowest BCUT2D eigenvalue weighted by molar-refractivity contribution is -0.135. The molecule has 0 aliphatic carbocycles. The molecule has 10 heteroatoms. The highest BCUT2D eigenvalue weighted by Crippen LogP contribution is 2.31. The zero-order chi connectivity index (χ0) is 16.3.